The van der Waals surface area contributed by atoms with Crippen LogP contribution in [-0.2, 0) is 24.2 Å². The summed E-state index contributed by atoms with van der Waals surface area (Å²) in [6.45, 7) is 1.53. The first-order valence-corrected chi connectivity index (χ1v) is 12.3. The van der Waals surface area contributed by atoms with E-state index in [0.717, 1.165) is 28.3 Å². The maximum atomic E-state index is 13.6. The van der Waals surface area contributed by atoms with Gasteiger partial charge < -0.3 is 25.2 Å². The highest BCUT2D eigenvalue weighted by Crippen LogP contribution is 2.23. The Balaban J connectivity index is 1.38. The molecule has 0 saturated carbocycles. The maximum Gasteiger partial charge on any atom is 0.475 e. The van der Waals surface area contributed by atoms with Crippen molar-refractivity contribution in [2.45, 2.75) is 44.2 Å². The van der Waals surface area contributed by atoms with Crippen LogP contribution in [0.1, 0.15) is 29.5 Å². The van der Waals surface area contributed by atoms with Gasteiger partial charge in [-0.1, -0.05) is 66.7 Å². The molecule has 3 amide bonds. The van der Waals surface area contributed by atoms with Gasteiger partial charge in [0.25, 0.3) is 0 Å². The number of likely N-dealkylation sites (tertiary alicyclic amines) is 1. The standard InChI is InChI=1S/C27H30BN3O4/c32-26(31-14-5-10-25(31)28(34)35)24(17-19-11-12-20-6-1-3-8-22(20)16-19)29-27(33)30-15-13-21-7-2-4-9-23(21)18-30/h1-4,6-9,11-12,16,24-25,34-35H,5,10,13-15,17-18H2,(H,29,33)/t24-,25+/m0/s1. The average Bonchev–Trinajstić information content (AvgIpc) is 3.38. The number of nitrogens with one attached hydrogen (secondary N) is 1. The Bertz CT molecular complexity index is 1230. The summed E-state index contributed by atoms with van der Waals surface area (Å²) in [7, 11) is -1.60. The number of hydrogen-bond acceptors (Lipinski definition) is 4. The first-order chi connectivity index (χ1) is 17.0. The molecule has 3 aromatic rings. The number of fused-ring (bicyclic) bond motifs is 2. The Hall–Kier alpha value is -3.36. The molecule has 180 valence electrons. The molecule has 3 N–H and O–H groups in total. The minimum atomic E-state index is -1.60. The monoisotopic (exact) mass is 471 g/mol. The summed E-state index contributed by atoms with van der Waals surface area (Å²) in [5, 5.41) is 24.8. The average molecular weight is 471 g/mol. The summed E-state index contributed by atoms with van der Waals surface area (Å²) in [4.78, 5) is 30.2. The van der Waals surface area contributed by atoms with Crippen LogP contribution in [0.4, 0.5) is 4.79 Å². The molecule has 2 atom stereocenters. The quantitative estimate of drug-likeness (QED) is 0.499. The lowest BCUT2D eigenvalue weighted by atomic mass is 9.77. The van der Waals surface area contributed by atoms with Gasteiger partial charge in [-0.25, -0.2) is 4.79 Å². The lowest BCUT2D eigenvalue weighted by Crippen LogP contribution is -2.56. The van der Waals surface area contributed by atoms with E-state index in [9.17, 15) is 19.6 Å². The highest BCUT2D eigenvalue weighted by molar-refractivity contribution is 6.43. The SMILES string of the molecule is O=C(N[C@@H](Cc1ccc2ccccc2c1)C(=O)N1CCC[C@@H]1B(O)O)N1CCc2ccccc2C1. The Labute approximate surface area is 205 Å². The molecule has 3 aromatic carbocycles. The van der Waals surface area contributed by atoms with Crippen molar-refractivity contribution in [1.29, 1.82) is 0 Å². The zero-order valence-corrected chi connectivity index (χ0v) is 19.6. The molecule has 7 nitrogen and oxygen atoms in total. The van der Waals surface area contributed by atoms with Crippen molar-refractivity contribution in [3.05, 3.63) is 83.4 Å². The molecular weight excluding hydrogens is 441 g/mol. The zero-order chi connectivity index (χ0) is 24.4. The van der Waals surface area contributed by atoms with Crippen molar-refractivity contribution in [1.82, 2.24) is 15.1 Å². The Morgan fingerprint density at radius 2 is 1.71 bits per heavy atom. The largest absolute Gasteiger partial charge is 0.475 e. The lowest BCUT2D eigenvalue weighted by Gasteiger charge is -2.33. The predicted molar refractivity (Wildman–Crippen MR) is 135 cm³/mol. The molecular formula is C27H30BN3O4. The summed E-state index contributed by atoms with van der Waals surface area (Å²) >= 11 is 0. The molecule has 1 saturated heterocycles. The Morgan fingerprint density at radius 3 is 2.51 bits per heavy atom. The number of benzene rings is 3. The number of rotatable bonds is 5. The summed E-state index contributed by atoms with van der Waals surface area (Å²) in [6, 6.07) is 21.1. The van der Waals surface area contributed by atoms with E-state index in [-0.39, 0.29) is 11.9 Å². The third-order valence-corrected chi connectivity index (χ3v) is 7.19. The van der Waals surface area contributed by atoms with Gasteiger partial charge in [0.2, 0.25) is 5.91 Å². The fraction of sp³-hybridized carbons (Fsp3) is 0.333. The minimum absolute atomic E-state index is 0.278. The van der Waals surface area contributed by atoms with Crippen LogP contribution in [0, 0.1) is 0 Å². The highest BCUT2D eigenvalue weighted by atomic mass is 16.4. The highest BCUT2D eigenvalue weighted by Gasteiger charge is 2.40. The Morgan fingerprint density at radius 1 is 0.971 bits per heavy atom. The topological polar surface area (TPSA) is 93.1 Å². The van der Waals surface area contributed by atoms with E-state index < -0.39 is 19.1 Å². The minimum Gasteiger partial charge on any atom is -0.426 e. The van der Waals surface area contributed by atoms with Crippen molar-refractivity contribution in [3.8, 4) is 0 Å². The van der Waals surface area contributed by atoms with E-state index in [0.29, 0.717) is 38.9 Å². The molecule has 2 aliphatic rings. The van der Waals surface area contributed by atoms with Gasteiger partial charge in [-0.3, -0.25) is 4.79 Å². The molecule has 0 spiro atoms. The number of urea groups is 1. The van der Waals surface area contributed by atoms with Crippen LogP contribution in [0.2, 0.25) is 0 Å². The van der Waals surface area contributed by atoms with Crippen molar-refractivity contribution in [3.63, 3.8) is 0 Å². The number of hydrogen-bond donors (Lipinski definition) is 3. The van der Waals surface area contributed by atoms with Gasteiger partial charge in [0.15, 0.2) is 0 Å². The third kappa shape index (κ3) is 5.04. The van der Waals surface area contributed by atoms with E-state index in [1.807, 2.05) is 60.7 Å². The second-order valence-corrected chi connectivity index (χ2v) is 9.48. The summed E-state index contributed by atoms with van der Waals surface area (Å²) in [5.74, 6) is -0.931. The number of carbonyl (C=O) groups is 2. The van der Waals surface area contributed by atoms with Gasteiger partial charge in [-0.2, -0.15) is 0 Å². The van der Waals surface area contributed by atoms with E-state index in [1.54, 1.807) is 4.90 Å². The van der Waals surface area contributed by atoms with E-state index in [2.05, 4.69) is 11.4 Å². The fourth-order valence-electron chi connectivity index (χ4n) is 5.29. The number of carbonyl (C=O) groups excluding carboxylic acids is 2. The maximum absolute atomic E-state index is 13.6. The summed E-state index contributed by atoms with van der Waals surface area (Å²) in [6.07, 6.45) is 2.33. The van der Waals surface area contributed by atoms with Crippen molar-refractivity contribution < 1.29 is 19.6 Å². The van der Waals surface area contributed by atoms with Gasteiger partial charge >= 0.3 is 13.1 Å². The number of nitrogens with zero attached hydrogens (tertiary/aromatic N) is 2. The van der Waals surface area contributed by atoms with Gasteiger partial charge in [-0.05, 0) is 46.7 Å². The molecule has 2 aliphatic heterocycles. The first-order valence-electron chi connectivity index (χ1n) is 12.3. The first kappa shape index (κ1) is 23.4. The molecule has 0 bridgehead atoms. The summed E-state index contributed by atoms with van der Waals surface area (Å²) < 4.78 is 0. The van der Waals surface area contributed by atoms with Gasteiger partial charge in [-0.15, -0.1) is 0 Å². The molecule has 0 unspecified atom stereocenters. The van der Waals surface area contributed by atoms with Gasteiger partial charge in [0, 0.05) is 26.1 Å². The molecule has 5 rings (SSSR count). The predicted octanol–water partition coefficient (Wildman–Crippen LogP) is 2.52. The van der Waals surface area contributed by atoms with Crippen LogP contribution >= 0.6 is 0 Å². The van der Waals surface area contributed by atoms with E-state index >= 15 is 0 Å². The molecule has 0 radical (unpaired) electrons. The zero-order valence-electron chi connectivity index (χ0n) is 19.6. The van der Waals surface area contributed by atoms with Crippen LogP contribution in [0.15, 0.2) is 66.7 Å². The van der Waals surface area contributed by atoms with Crippen molar-refractivity contribution in [2.75, 3.05) is 13.1 Å². The molecule has 1 fully saturated rings. The van der Waals surface area contributed by atoms with Crippen LogP contribution in [0.3, 0.4) is 0 Å². The molecule has 8 heteroatoms. The lowest BCUT2D eigenvalue weighted by molar-refractivity contribution is -0.133. The van der Waals surface area contributed by atoms with Crippen molar-refractivity contribution >= 4 is 29.8 Å². The van der Waals surface area contributed by atoms with Crippen LogP contribution in [0.25, 0.3) is 10.8 Å². The summed E-state index contributed by atoms with van der Waals surface area (Å²) in [5.41, 5.74) is 3.30. The third-order valence-electron chi connectivity index (χ3n) is 7.19. The van der Waals surface area contributed by atoms with Crippen LogP contribution in [-0.4, -0.2) is 64.0 Å². The van der Waals surface area contributed by atoms with Gasteiger partial charge in [0.1, 0.15) is 6.04 Å². The fourth-order valence-corrected chi connectivity index (χ4v) is 5.29. The second kappa shape index (κ2) is 10.1. The van der Waals surface area contributed by atoms with E-state index in [4.69, 9.17) is 0 Å². The normalized spacial score (nSPS) is 18.3. The Kier molecular flexibility index (Phi) is 6.75. The van der Waals surface area contributed by atoms with Crippen LogP contribution < -0.4 is 5.32 Å². The molecule has 2 heterocycles. The molecule has 0 aromatic heterocycles. The second-order valence-electron chi connectivity index (χ2n) is 9.48. The molecule has 35 heavy (non-hydrogen) atoms. The number of amides is 3. The van der Waals surface area contributed by atoms with Gasteiger partial charge in [0.05, 0.1) is 5.94 Å². The molecule has 0 aliphatic carbocycles. The van der Waals surface area contributed by atoms with E-state index in [1.165, 1.54) is 10.5 Å². The van der Waals surface area contributed by atoms with Crippen LogP contribution in [0.5, 0.6) is 0 Å². The smallest absolute Gasteiger partial charge is 0.426 e. The van der Waals surface area contributed by atoms with Crippen molar-refractivity contribution in [2.24, 2.45) is 0 Å².